The van der Waals surface area contributed by atoms with Crippen molar-refractivity contribution >= 4 is 11.8 Å². The fraction of sp³-hybridized carbons (Fsp3) is 0.684. The van der Waals surface area contributed by atoms with Crippen molar-refractivity contribution < 1.29 is 0 Å². The van der Waals surface area contributed by atoms with Crippen LogP contribution in [-0.2, 0) is 0 Å². The predicted molar refractivity (Wildman–Crippen MR) is 98.8 cm³/mol. The van der Waals surface area contributed by atoms with Crippen LogP contribution in [0.1, 0.15) is 45.4 Å². The standard InChI is InChI=1S/C19H32N2S/c1-2-15-21(18-9-6-7-10-18)16-14-20-13-8-17-22-19-11-4-3-5-12-19/h3-5,11-12,18,20H,2,6-10,13-17H2,1H3. The molecule has 2 nitrogen and oxygen atoms in total. The van der Waals surface area contributed by atoms with Crippen molar-refractivity contribution in [2.45, 2.75) is 56.4 Å². The van der Waals surface area contributed by atoms with E-state index in [2.05, 4.69) is 47.5 Å². The second-order valence-corrected chi connectivity index (χ2v) is 7.41. The van der Waals surface area contributed by atoms with Gasteiger partial charge in [0, 0.05) is 24.0 Å². The van der Waals surface area contributed by atoms with E-state index < -0.39 is 0 Å². The van der Waals surface area contributed by atoms with Crippen LogP contribution in [0.5, 0.6) is 0 Å². The second-order valence-electron chi connectivity index (χ2n) is 6.24. The minimum Gasteiger partial charge on any atom is -0.315 e. The van der Waals surface area contributed by atoms with Gasteiger partial charge in [0.1, 0.15) is 0 Å². The Morgan fingerprint density at radius 3 is 2.59 bits per heavy atom. The molecule has 0 atom stereocenters. The van der Waals surface area contributed by atoms with Crippen molar-refractivity contribution in [3.8, 4) is 0 Å². The van der Waals surface area contributed by atoms with Crippen molar-refractivity contribution in [2.24, 2.45) is 0 Å². The molecule has 0 amide bonds. The van der Waals surface area contributed by atoms with Crippen molar-refractivity contribution in [1.82, 2.24) is 10.2 Å². The summed E-state index contributed by atoms with van der Waals surface area (Å²) in [5, 5.41) is 3.63. The zero-order valence-electron chi connectivity index (χ0n) is 14.1. The van der Waals surface area contributed by atoms with E-state index in [4.69, 9.17) is 0 Å². The first kappa shape index (κ1) is 17.8. The fourth-order valence-corrected chi connectivity index (χ4v) is 4.16. The molecule has 1 aliphatic rings. The van der Waals surface area contributed by atoms with Gasteiger partial charge in [-0.3, -0.25) is 4.90 Å². The fourth-order valence-electron chi connectivity index (χ4n) is 3.29. The van der Waals surface area contributed by atoms with Gasteiger partial charge in [-0.15, -0.1) is 11.8 Å². The molecule has 0 radical (unpaired) electrons. The third-order valence-corrected chi connectivity index (χ3v) is 5.54. The molecular formula is C19H32N2S. The monoisotopic (exact) mass is 320 g/mol. The molecule has 0 bridgehead atoms. The molecule has 0 heterocycles. The number of nitrogens with zero attached hydrogens (tertiary/aromatic N) is 1. The maximum atomic E-state index is 3.63. The Morgan fingerprint density at radius 2 is 1.86 bits per heavy atom. The van der Waals surface area contributed by atoms with Gasteiger partial charge in [0.05, 0.1) is 0 Å². The Balaban J connectivity index is 1.50. The quantitative estimate of drug-likeness (QED) is 0.480. The van der Waals surface area contributed by atoms with Crippen LogP contribution in [0.25, 0.3) is 0 Å². The lowest BCUT2D eigenvalue weighted by Crippen LogP contribution is -2.39. The molecule has 124 valence electrons. The summed E-state index contributed by atoms with van der Waals surface area (Å²) in [5.41, 5.74) is 0. The zero-order chi connectivity index (χ0) is 15.5. The van der Waals surface area contributed by atoms with Gasteiger partial charge in [0.2, 0.25) is 0 Å². The third kappa shape index (κ3) is 6.72. The summed E-state index contributed by atoms with van der Waals surface area (Å²) in [5.74, 6) is 1.21. The molecular weight excluding hydrogens is 288 g/mol. The lowest BCUT2D eigenvalue weighted by Gasteiger charge is -2.28. The van der Waals surface area contributed by atoms with E-state index in [1.807, 2.05) is 11.8 Å². The summed E-state index contributed by atoms with van der Waals surface area (Å²) in [6.45, 7) is 7.09. The largest absolute Gasteiger partial charge is 0.315 e. The topological polar surface area (TPSA) is 15.3 Å². The lowest BCUT2D eigenvalue weighted by molar-refractivity contribution is 0.199. The van der Waals surface area contributed by atoms with Crippen LogP contribution in [0.2, 0.25) is 0 Å². The summed E-state index contributed by atoms with van der Waals surface area (Å²) >= 11 is 1.96. The Morgan fingerprint density at radius 1 is 1.09 bits per heavy atom. The van der Waals surface area contributed by atoms with E-state index in [1.54, 1.807) is 0 Å². The molecule has 3 heteroatoms. The normalized spacial score (nSPS) is 15.7. The molecule has 1 N–H and O–H groups in total. The van der Waals surface area contributed by atoms with Crippen molar-refractivity contribution in [3.05, 3.63) is 30.3 Å². The maximum Gasteiger partial charge on any atom is 0.0110 e. The molecule has 1 aromatic carbocycles. The van der Waals surface area contributed by atoms with Gasteiger partial charge in [0.25, 0.3) is 0 Å². The van der Waals surface area contributed by atoms with Crippen molar-refractivity contribution in [1.29, 1.82) is 0 Å². The number of nitrogens with one attached hydrogen (secondary N) is 1. The molecule has 0 saturated heterocycles. The minimum absolute atomic E-state index is 0.871. The Labute approximate surface area is 141 Å². The van der Waals surface area contributed by atoms with E-state index in [-0.39, 0.29) is 0 Å². The summed E-state index contributed by atoms with van der Waals surface area (Å²) in [6.07, 6.45) is 8.26. The van der Waals surface area contributed by atoms with Crippen LogP contribution in [0.15, 0.2) is 35.2 Å². The van der Waals surface area contributed by atoms with E-state index in [9.17, 15) is 0 Å². The lowest BCUT2D eigenvalue weighted by atomic mass is 10.2. The SMILES string of the molecule is CCCN(CCNCCCSc1ccccc1)C1CCCC1. The van der Waals surface area contributed by atoms with Crippen LogP contribution in [0.3, 0.4) is 0 Å². The molecule has 0 aliphatic heterocycles. The van der Waals surface area contributed by atoms with Crippen LogP contribution in [0.4, 0.5) is 0 Å². The molecule has 1 aliphatic carbocycles. The molecule has 0 spiro atoms. The molecule has 2 rings (SSSR count). The van der Waals surface area contributed by atoms with Gasteiger partial charge in [-0.25, -0.2) is 0 Å². The number of benzene rings is 1. The van der Waals surface area contributed by atoms with E-state index in [0.29, 0.717) is 0 Å². The van der Waals surface area contributed by atoms with Gasteiger partial charge >= 0.3 is 0 Å². The third-order valence-electron chi connectivity index (χ3n) is 4.44. The molecule has 1 saturated carbocycles. The highest BCUT2D eigenvalue weighted by atomic mass is 32.2. The van der Waals surface area contributed by atoms with Crippen molar-refractivity contribution in [3.63, 3.8) is 0 Å². The highest BCUT2D eigenvalue weighted by Crippen LogP contribution is 2.23. The molecule has 1 aromatic rings. The number of hydrogen-bond donors (Lipinski definition) is 1. The zero-order valence-corrected chi connectivity index (χ0v) is 14.9. The number of rotatable bonds is 11. The van der Waals surface area contributed by atoms with Crippen LogP contribution in [0, 0.1) is 0 Å². The van der Waals surface area contributed by atoms with Crippen LogP contribution < -0.4 is 5.32 Å². The average Bonchev–Trinajstić information content (AvgIpc) is 3.08. The van der Waals surface area contributed by atoms with Gasteiger partial charge in [-0.05, 0) is 56.7 Å². The van der Waals surface area contributed by atoms with Crippen LogP contribution >= 0.6 is 11.8 Å². The average molecular weight is 321 g/mol. The van der Waals surface area contributed by atoms with Gasteiger partial charge < -0.3 is 5.32 Å². The Bertz CT molecular complexity index is 376. The molecule has 0 unspecified atom stereocenters. The van der Waals surface area contributed by atoms with Crippen molar-refractivity contribution in [2.75, 3.05) is 31.9 Å². The van der Waals surface area contributed by atoms with Crippen LogP contribution in [-0.4, -0.2) is 42.9 Å². The van der Waals surface area contributed by atoms with E-state index in [1.165, 1.54) is 62.3 Å². The first-order chi connectivity index (χ1) is 10.9. The maximum absolute atomic E-state index is 3.63. The first-order valence-corrected chi connectivity index (χ1v) is 10.0. The predicted octanol–water partition coefficient (Wildman–Crippen LogP) is 4.41. The summed E-state index contributed by atoms with van der Waals surface area (Å²) in [4.78, 5) is 4.11. The molecule has 0 aromatic heterocycles. The highest BCUT2D eigenvalue weighted by molar-refractivity contribution is 7.99. The number of hydrogen-bond acceptors (Lipinski definition) is 3. The van der Waals surface area contributed by atoms with Gasteiger partial charge in [-0.2, -0.15) is 0 Å². The second kappa shape index (κ2) is 11.1. The Hall–Kier alpha value is -0.510. The summed E-state index contributed by atoms with van der Waals surface area (Å²) in [7, 11) is 0. The Kier molecular flexibility index (Phi) is 8.99. The highest BCUT2D eigenvalue weighted by Gasteiger charge is 2.21. The molecule has 1 fully saturated rings. The van der Waals surface area contributed by atoms with Gasteiger partial charge in [-0.1, -0.05) is 38.0 Å². The summed E-state index contributed by atoms with van der Waals surface area (Å²) < 4.78 is 0. The number of thioether (sulfide) groups is 1. The van der Waals surface area contributed by atoms with E-state index >= 15 is 0 Å². The summed E-state index contributed by atoms with van der Waals surface area (Å²) in [6, 6.07) is 11.6. The first-order valence-electron chi connectivity index (χ1n) is 9.02. The van der Waals surface area contributed by atoms with E-state index in [0.717, 1.165) is 19.1 Å². The smallest absolute Gasteiger partial charge is 0.0110 e. The van der Waals surface area contributed by atoms with Gasteiger partial charge in [0.15, 0.2) is 0 Å². The minimum atomic E-state index is 0.871. The molecule has 22 heavy (non-hydrogen) atoms.